The lowest BCUT2D eigenvalue weighted by molar-refractivity contribution is -0.141. The minimum atomic E-state index is -0.341. The van der Waals surface area contributed by atoms with Crippen molar-refractivity contribution in [3.63, 3.8) is 0 Å². The van der Waals surface area contributed by atoms with Gasteiger partial charge in [-0.1, -0.05) is 0 Å². The third-order valence-corrected chi connectivity index (χ3v) is 1.41. The molecule has 0 saturated heterocycles. The Hall–Kier alpha value is -1.10. The summed E-state index contributed by atoms with van der Waals surface area (Å²) in [7, 11) is 3.01. The molecule has 0 aromatic rings. The summed E-state index contributed by atoms with van der Waals surface area (Å²) >= 11 is 0. The number of carbonyl (C=O) groups is 2. The Balaban J connectivity index is 3.67. The van der Waals surface area contributed by atoms with Crippen LogP contribution >= 0.6 is 0 Å². The van der Waals surface area contributed by atoms with Crippen molar-refractivity contribution in [2.24, 2.45) is 0 Å². The van der Waals surface area contributed by atoms with Crippen LogP contribution in [0.2, 0.25) is 0 Å². The first kappa shape index (κ1) is 11.9. The van der Waals surface area contributed by atoms with E-state index in [1.807, 2.05) is 6.92 Å². The molecule has 0 spiro atoms. The first-order chi connectivity index (χ1) is 6.10. The predicted molar refractivity (Wildman–Crippen MR) is 48.2 cm³/mol. The molecule has 0 heterocycles. The first-order valence-corrected chi connectivity index (χ1v) is 4.12. The Labute approximate surface area is 78.0 Å². The maximum Gasteiger partial charge on any atom is 0.319 e. The Kier molecular flexibility index (Phi) is 5.88. The molecule has 0 radical (unpaired) electrons. The van der Waals surface area contributed by atoms with Crippen LogP contribution in [-0.2, 0) is 14.3 Å². The summed E-state index contributed by atoms with van der Waals surface area (Å²) in [4.78, 5) is 23.4. The molecule has 76 valence electrons. The van der Waals surface area contributed by atoms with E-state index >= 15 is 0 Å². The average molecular weight is 188 g/mol. The standard InChI is InChI=1S/C8H16N2O3/c1-4-9-7(11)5-10(2)6-8(12)13-3/h4-6H2,1-3H3,(H,9,11). The second kappa shape index (κ2) is 6.42. The average Bonchev–Trinajstić information content (AvgIpc) is 2.04. The smallest absolute Gasteiger partial charge is 0.319 e. The van der Waals surface area contributed by atoms with Gasteiger partial charge in [0, 0.05) is 6.54 Å². The van der Waals surface area contributed by atoms with Gasteiger partial charge in [-0.25, -0.2) is 0 Å². The molecule has 0 atom stereocenters. The first-order valence-electron chi connectivity index (χ1n) is 4.12. The van der Waals surface area contributed by atoms with Gasteiger partial charge in [0.05, 0.1) is 20.2 Å². The van der Waals surface area contributed by atoms with Crippen molar-refractivity contribution in [1.29, 1.82) is 0 Å². The van der Waals surface area contributed by atoms with E-state index in [-0.39, 0.29) is 25.0 Å². The third-order valence-electron chi connectivity index (χ3n) is 1.41. The zero-order chi connectivity index (χ0) is 10.3. The number of hydrogen-bond acceptors (Lipinski definition) is 4. The van der Waals surface area contributed by atoms with Crippen molar-refractivity contribution in [2.75, 3.05) is 33.8 Å². The van der Waals surface area contributed by atoms with Gasteiger partial charge in [0.2, 0.25) is 5.91 Å². The van der Waals surface area contributed by atoms with E-state index in [1.165, 1.54) is 7.11 Å². The number of nitrogens with zero attached hydrogens (tertiary/aromatic N) is 1. The van der Waals surface area contributed by atoms with Crippen molar-refractivity contribution in [2.45, 2.75) is 6.92 Å². The lowest BCUT2D eigenvalue weighted by Gasteiger charge is -2.13. The van der Waals surface area contributed by atoms with Crippen LogP contribution in [0, 0.1) is 0 Å². The second-order valence-corrected chi connectivity index (χ2v) is 2.70. The van der Waals surface area contributed by atoms with Crippen molar-refractivity contribution in [1.82, 2.24) is 10.2 Å². The van der Waals surface area contributed by atoms with Crippen LogP contribution in [0.25, 0.3) is 0 Å². The van der Waals surface area contributed by atoms with Crippen LogP contribution in [0.4, 0.5) is 0 Å². The van der Waals surface area contributed by atoms with Gasteiger partial charge in [0.25, 0.3) is 0 Å². The molecule has 5 nitrogen and oxygen atoms in total. The van der Waals surface area contributed by atoms with Crippen molar-refractivity contribution in [3.05, 3.63) is 0 Å². The topological polar surface area (TPSA) is 58.6 Å². The molecule has 0 aliphatic heterocycles. The zero-order valence-electron chi connectivity index (χ0n) is 8.29. The minimum Gasteiger partial charge on any atom is -0.468 e. The van der Waals surface area contributed by atoms with Crippen molar-refractivity contribution in [3.8, 4) is 0 Å². The van der Waals surface area contributed by atoms with E-state index in [2.05, 4.69) is 10.1 Å². The Bertz CT molecular complexity index is 182. The number of esters is 1. The number of methoxy groups -OCH3 is 1. The second-order valence-electron chi connectivity index (χ2n) is 2.70. The monoisotopic (exact) mass is 188 g/mol. The third kappa shape index (κ3) is 6.10. The maximum atomic E-state index is 11.0. The van der Waals surface area contributed by atoms with Crippen LogP contribution in [0.3, 0.4) is 0 Å². The molecule has 0 saturated carbocycles. The number of carbonyl (C=O) groups excluding carboxylic acids is 2. The van der Waals surface area contributed by atoms with E-state index in [9.17, 15) is 9.59 Å². The molecule has 0 rings (SSSR count). The van der Waals surface area contributed by atoms with Gasteiger partial charge in [0.15, 0.2) is 0 Å². The Morgan fingerprint density at radius 1 is 1.38 bits per heavy atom. The molecule has 0 unspecified atom stereocenters. The lowest BCUT2D eigenvalue weighted by atomic mass is 10.5. The highest BCUT2D eigenvalue weighted by Gasteiger charge is 2.09. The molecule has 5 heteroatoms. The lowest BCUT2D eigenvalue weighted by Crippen LogP contribution is -2.37. The van der Waals surface area contributed by atoms with Crippen molar-refractivity contribution < 1.29 is 14.3 Å². The molecule has 0 bridgehead atoms. The fourth-order valence-electron chi connectivity index (χ4n) is 0.839. The summed E-state index contributed by atoms with van der Waals surface area (Å²) in [5.41, 5.74) is 0. The SMILES string of the molecule is CCNC(=O)CN(C)CC(=O)OC. The predicted octanol–water partition coefficient (Wildman–Crippen LogP) is -0.773. The summed E-state index contributed by atoms with van der Waals surface area (Å²) in [6, 6.07) is 0. The van der Waals surface area contributed by atoms with Gasteiger partial charge in [0.1, 0.15) is 0 Å². The number of nitrogens with one attached hydrogen (secondary N) is 1. The summed E-state index contributed by atoms with van der Waals surface area (Å²) in [5.74, 6) is -0.430. The highest BCUT2D eigenvalue weighted by molar-refractivity contribution is 5.79. The zero-order valence-corrected chi connectivity index (χ0v) is 8.29. The number of rotatable bonds is 5. The van der Waals surface area contributed by atoms with Crippen LogP contribution < -0.4 is 5.32 Å². The van der Waals surface area contributed by atoms with E-state index < -0.39 is 0 Å². The van der Waals surface area contributed by atoms with Gasteiger partial charge in [-0.2, -0.15) is 0 Å². The summed E-state index contributed by atoms with van der Waals surface area (Å²) in [5, 5.41) is 2.63. The summed E-state index contributed by atoms with van der Waals surface area (Å²) < 4.78 is 4.45. The van der Waals surface area contributed by atoms with Crippen LogP contribution in [0.5, 0.6) is 0 Å². The molecule has 1 amide bonds. The molecule has 13 heavy (non-hydrogen) atoms. The van der Waals surface area contributed by atoms with E-state index in [1.54, 1.807) is 11.9 Å². The number of amides is 1. The van der Waals surface area contributed by atoms with Gasteiger partial charge in [-0.15, -0.1) is 0 Å². The van der Waals surface area contributed by atoms with Gasteiger partial charge in [-0.3, -0.25) is 14.5 Å². The molecular weight excluding hydrogens is 172 g/mol. The fraction of sp³-hybridized carbons (Fsp3) is 0.750. The van der Waals surface area contributed by atoms with E-state index in [0.717, 1.165) is 0 Å². The number of likely N-dealkylation sites (N-methyl/N-ethyl adjacent to an activating group) is 2. The van der Waals surface area contributed by atoms with Gasteiger partial charge in [-0.05, 0) is 14.0 Å². The highest BCUT2D eigenvalue weighted by Crippen LogP contribution is 1.83. The molecule has 0 aromatic carbocycles. The number of ether oxygens (including phenoxy) is 1. The minimum absolute atomic E-state index is 0.0890. The van der Waals surface area contributed by atoms with Gasteiger partial charge >= 0.3 is 5.97 Å². The summed E-state index contributed by atoms with van der Waals surface area (Å²) in [6.45, 7) is 2.79. The largest absolute Gasteiger partial charge is 0.468 e. The van der Waals surface area contributed by atoms with Crippen LogP contribution in [-0.4, -0.2) is 50.6 Å². The molecule has 0 fully saturated rings. The Morgan fingerprint density at radius 3 is 2.46 bits per heavy atom. The maximum absolute atomic E-state index is 11.0. The fourth-order valence-corrected chi connectivity index (χ4v) is 0.839. The molecular formula is C8H16N2O3. The normalized spacial score (nSPS) is 9.85. The molecule has 0 aliphatic carbocycles. The van der Waals surface area contributed by atoms with Gasteiger partial charge < -0.3 is 10.1 Å². The molecule has 0 aromatic heterocycles. The van der Waals surface area contributed by atoms with Crippen molar-refractivity contribution >= 4 is 11.9 Å². The number of hydrogen-bond donors (Lipinski definition) is 1. The Morgan fingerprint density at radius 2 is 2.00 bits per heavy atom. The van der Waals surface area contributed by atoms with E-state index in [4.69, 9.17) is 0 Å². The van der Waals surface area contributed by atoms with Crippen LogP contribution in [0.1, 0.15) is 6.92 Å². The van der Waals surface area contributed by atoms with E-state index in [0.29, 0.717) is 6.54 Å². The molecule has 0 aliphatic rings. The van der Waals surface area contributed by atoms with Crippen LogP contribution in [0.15, 0.2) is 0 Å². The quantitative estimate of drug-likeness (QED) is 0.575. The highest BCUT2D eigenvalue weighted by atomic mass is 16.5. The molecule has 1 N–H and O–H groups in total. The summed E-state index contributed by atoms with van der Waals surface area (Å²) in [6.07, 6.45) is 0.